The van der Waals surface area contributed by atoms with E-state index in [1.54, 1.807) is 0 Å². The molecular formula is C9H8F4OS. The molecule has 84 valence electrons. The summed E-state index contributed by atoms with van der Waals surface area (Å²) in [6.45, 7) is 2.03. The van der Waals surface area contributed by atoms with Gasteiger partial charge in [0.2, 0.25) is 5.78 Å². The summed E-state index contributed by atoms with van der Waals surface area (Å²) in [5, 5.41) is 0. The van der Waals surface area contributed by atoms with Gasteiger partial charge in [0, 0.05) is 0 Å². The van der Waals surface area contributed by atoms with Crippen molar-refractivity contribution in [2.75, 3.05) is 0 Å². The van der Waals surface area contributed by atoms with E-state index in [-0.39, 0.29) is 16.2 Å². The van der Waals surface area contributed by atoms with E-state index < -0.39 is 22.5 Å². The van der Waals surface area contributed by atoms with E-state index >= 15 is 0 Å². The van der Waals surface area contributed by atoms with Crippen molar-refractivity contribution in [3.8, 4) is 0 Å². The van der Waals surface area contributed by atoms with E-state index in [1.165, 1.54) is 0 Å². The van der Waals surface area contributed by atoms with Crippen LogP contribution in [0.5, 0.6) is 0 Å². The van der Waals surface area contributed by atoms with Crippen molar-refractivity contribution in [3.63, 3.8) is 0 Å². The summed E-state index contributed by atoms with van der Waals surface area (Å²) in [4.78, 5) is 10.2. The minimum atomic E-state index is -4.48. The van der Waals surface area contributed by atoms with E-state index in [4.69, 9.17) is 0 Å². The second kappa shape index (κ2) is 3.59. The Labute approximate surface area is 87.7 Å². The van der Waals surface area contributed by atoms with Crippen LogP contribution in [0.2, 0.25) is 0 Å². The van der Waals surface area contributed by atoms with Crippen LogP contribution in [-0.2, 0) is 6.18 Å². The molecule has 0 radical (unpaired) electrons. The molecular weight excluding hydrogens is 232 g/mol. The molecule has 0 bridgehead atoms. The summed E-state index contributed by atoms with van der Waals surface area (Å²) < 4.78 is 49.6. The van der Waals surface area contributed by atoms with Gasteiger partial charge >= 0.3 is 6.18 Å². The summed E-state index contributed by atoms with van der Waals surface area (Å²) in [6.07, 6.45) is -4.48. The van der Waals surface area contributed by atoms with Gasteiger partial charge < -0.3 is 0 Å². The molecule has 1 aromatic heterocycles. The fourth-order valence-corrected chi connectivity index (χ4v) is 1.87. The molecule has 1 aromatic rings. The van der Waals surface area contributed by atoms with Gasteiger partial charge in [-0.3, -0.25) is 4.79 Å². The zero-order chi connectivity index (χ0) is 11.9. The third-order valence-corrected chi connectivity index (χ3v) is 2.78. The van der Waals surface area contributed by atoms with Crippen LogP contribution in [0.3, 0.4) is 0 Å². The average molecular weight is 240 g/mol. The number of ketones is 1. The second-order valence-corrected chi connectivity index (χ2v) is 4.55. The molecule has 1 rings (SSSR count). The first-order valence-corrected chi connectivity index (χ1v) is 4.85. The predicted molar refractivity (Wildman–Crippen MR) is 48.8 cm³/mol. The first kappa shape index (κ1) is 12.2. The molecule has 0 spiro atoms. The molecule has 6 heteroatoms. The Morgan fingerprint density at radius 3 is 2.07 bits per heavy atom. The number of hydrogen-bond acceptors (Lipinski definition) is 2. The van der Waals surface area contributed by atoms with E-state index in [0.717, 1.165) is 26.0 Å². The van der Waals surface area contributed by atoms with Crippen molar-refractivity contribution in [1.29, 1.82) is 0 Å². The first-order valence-electron chi connectivity index (χ1n) is 4.03. The van der Waals surface area contributed by atoms with Crippen molar-refractivity contribution in [1.82, 2.24) is 0 Å². The standard InChI is InChI=1S/C9H8F4OS/c1-8(2,10)7(14)5-3-4-6(15-5)9(11,12)13/h3-4H,1-2H3. The monoisotopic (exact) mass is 240 g/mol. The molecule has 0 aliphatic carbocycles. The van der Waals surface area contributed by atoms with Gasteiger partial charge in [0.05, 0.1) is 4.88 Å². The van der Waals surface area contributed by atoms with Crippen molar-refractivity contribution in [2.45, 2.75) is 25.7 Å². The fourth-order valence-electron chi connectivity index (χ4n) is 0.905. The van der Waals surface area contributed by atoms with Crippen molar-refractivity contribution < 1.29 is 22.4 Å². The zero-order valence-corrected chi connectivity index (χ0v) is 8.80. The number of alkyl halides is 4. The second-order valence-electron chi connectivity index (χ2n) is 3.46. The van der Waals surface area contributed by atoms with E-state index in [9.17, 15) is 22.4 Å². The van der Waals surface area contributed by atoms with Crippen molar-refractivity contribution in [2.24, 2.45) is 0 Å². The number of rotatable bonds is 2. The van der Waals surface area contributed by atoms with Gasteiger partial charge in [-0.25, -0.2) is 4.39 Å². The predicted octanol–water partition coefficient (Wildman–Crippen LogP) is 3.70. The first-order chi connectivity index (χ1) is 6.62. The molecule has 0 saturated heterocycles. The van der Waals surface area contributed by atoms with Gasteiger partial charge in [0.25, 0.3) is 0 Å². The quantitative estimate of drug-likeness (QED) is 0.569. The normalized spacial score (nSPS) is 12.9. The number of halogens is 4. The van der Waals surface area contributed by atoms with Crippen LogP contribution in [-0.4, -0.2) is 11.5 Å². The maximum atomic E-state index is 13.1. The maximum Gasteiger partial charge on any atom is 0.425 e. The summed E-state index contributed by atoms with van der Waals surface area (Å²) in [5.41, 5.74) is -2.15. The molecule has 0 amide bonds. The number of carbonyl (C=O) groups is 1. The number of thiophene rings is 1. The van der Waals surface area contributed by atoms with Gasteiger partial charge in [-0.1, -0.05) is 0 Å². The Bertz CT molecular complexity index is 372. The smallest absolute Gasteiger partial charge is 0.290 e. The molecule has 1 nitrogen and oxygen atoms in total. The lowest BCUT2D eigenvalue weighted by atomic mass is 10.1. The molecule has 0 fully saturated rings. The Morgan fingerprint density at radius 2 is 1.73 bits per heavy atom. The van der Waals surface area contributed by atoms with Crippen LogP contribution >= 0.6 is 11.3 Å². The van der Waals surface area contributed by atoms with Crippen LogP contribution < -0.4 is 0 Å². The molecule has 0 saturated carbocycles. The van der Waals surface area contributed by atoms with Crippen LogP contribution in [0, 0.1) is 0 Å². The highest BCUT2D eigenvalue weighted by atomic mass is 32.1. The SMILES string of the molecule is CC(C)(F)C(=O)c1ccc(C(F)(F)F)s1. The molecule has 15 heavy (non-hydrogen) atoms. The Morgan fingerprint density at radius 1 is 1.20 bits per heavy atom. The highest BCUT2D eigenvalue weighted by Crippen LogP contribution is 2.35. The van der Waals surface area contributed by atoms with Gasteiger partial charge in [-0.2, -0.15) is 13.2 Å². The molecule has 0 atom stereocenters. The van der Waals surface area contributed by atoms with Crippen LogP contribution in [0.4, 0.5) is 17.6 Å². The lowest BCUT2D eigenvalue weighted by molar-refractivity contribution is -0.134. The Hall–Kier alpha value is -0.910. The van der Waals surface area contributed by atoms with E-state index in [1.807, 2.05) is 0 Å². The molecule has 0 aromatic carbocycles. The molecule has 0 aliphatic heterocycles. The highest BCUT2D eigenvalue weighted by molar-refractivity contribution is 7.14. The zero-order valence-electron chi connectivity index (χ0n) is 7.98. The van der Waals surface area contributed by atoms with Gasteiger partial charge in [0.15, 0.2) is 5.67 Å². The fraction of sp³-hybridized carbons (Fsp3) is 0.444. The minimum Gasteiger partial charge on any atom is -0.290 e. The van der Waals surface area contributed by atoms with E-state index in [2.05, 4.69) is 0 Å². The average Bonchev–Trinajstić information content (AvgIpc) is 2.47. The van der Waals surface area contributed by atoms with Crippen LogP contribution in [0.25, 0.3) is 0 Å². The van der Waals surface area contributed by atoms with Crippen LogP contribution in [0.1, 0.15) is 28.4 Å². The number of hydrogen-bond donors (Lipinski definition) is 0. The minimum absolute atomic E-state index is 0.213. The van der Waals surface area contributed by atoms with Gasteiger partial charge in [0.1, 0.15) is 4.88 Å². The number of carbonyl (C=O) groups excluding carboxylic acids is 1. The lowest BCUT2D eigenvalue weighted by Gasteiger charge is -2.10. The molecule has 0 unspecified atom stereocenters. The van der Waals surface area contributed by atoms with Crippen LogP contribution in [0.15, 0.2) is 12.1 Å². The Kier molecular flexibility index (Phi) is 2.91. The largest absolute Gasteiger partial charge is 0.425 e. The lowest BCUT2D eigenvalue weighted by Crippen LogP contribution is -2.24. The molecule has 1 heterocycles. The summed E-state index contributed by atoms with van der Waals surface area (Å²) in [7, 11) is 0. The maximum absolute atomic E-state index is 13.1. The highest BCUT2D eigenvalue weighted by Gasteiger charge is 2.35. The molecule has 0 N–H and O–H groups in total. The summed E-state index contributed by atoms with van der Waals surface area (Å²) >= 11 is 0.260. The van der Waals surface area contributed by atoms with Crippen molar-refractivity contribution >= 4 is 17.1 Å². The third kappa shape index (κ3) is 2.77. The summed E-state index contributed by atoms with van der Waals surface area (Å²) in [6, 6.07) is 1.78. The van der Waals surface area contributed by atoms with Gasteiger partial charge in [-0.15, -0.1) is 11.3 Å². The van der Waals surface area contributed by atoms with Gasteiger partial charge in [-0.05, 0) is 26.0 Å². The third-order valence-electron chi connectivity index (χ3n) is 1.65. The molecule has 0 aliphatic rings. The summed E-state index contributed by atoms with van der Waals surface area (Å²) in [5.74, 6) is -0.928. The Balaban J connectivity index is 3.01. The topological polar surface area (TPSA) is 17.1 Å². The van der Waals surface area contributed by atoms with E-state index in [0.29, 0.717) is 0 Å². The van der Waals surface area contributed by atoms with Crippen molar-refractivity contribution in [3.05, 3.63) is 21.9 Å². The number of Topliss-reactive ketones (excluding diaryl/α,β-unsaturated/α-hetero) is 1.